The van der Waals surface area contributed by atoms with Crippen LogP contribution in [0.15, 0.2) is 65.5 Å². The summed E-state index contributed by atoms with van der Waals surface area (Å²) in [5.41, 5.74) is 2.56. The van der Waals surface area contributed by atoms with Gasteiger partial charge in [0.15, 0.2) is 0 Å². The molecule has 2 atom stereocenters. The molecule has 0 saturated heterocycles. The third-order valence-corrected chi connectivity index (χ3v) is 5.46. The summed E-state index contributed by atoms with van der Waals surface area (Å²) < 4.78 is 3.35. The van der Waals surface area contributed by atoms with Crippen molar-refractivity contribution in [3.8, 4) is 5.69 Å². The number of carbonyl (C=O) groups excluding carboxylic acids is 1. The van der Waals surface area contributed by atoms with E-state index in [-0.39, 0.29) is 23.3 Å². The summed E-state index contributed by atoms with van der Waals surface area (Å²) in [6, 6.07) is 19.2. The monoisotopic (exact) mass is 377 g/mol. The van der Waals surface area contributed by atoms with E-state index in [1.54, 1.807) is 9.36 Å². The van der Waals surface area contributed by atoms with Crippen LogP contribution in [0.5, 0.6) is 0 Å². The number of amides is 1. The molecule has 3 aromatic rings. The van der Waals surface area contributed by atoms with Crippen molar-refractivity contribution in [1.29, 1.82) is 0 Å². The Bertz CT molecular complexity index is 1000. The molecule has 0 spiro atoms. The van der Waals surface area contributed by atoms with E-state index in [2.05, 4.69) is 19.2 Å². The molecule has 2 aromatic carbocycles. The highest BCUT2D eigenvalue weighted by molar-refractivity contribution is 5.96. The number of benzene rings is 2. The molecule has 2 unspecified atom stereocenters. The van der Waals surface area contributed by atoms with Crippen LogP contribution >= 0.6 is 0 Å². The lowest BCUT2D eigenvalue weighted by Gasteiger charge is -2.22. The van der Waals surface area contributed by atoms with Crippen LogP contribution in [0, 0.1) is 12.8 Å². The van der Waals surface area contributed by atoms with E-state index in [1.807, 2.05) is 74.6 Å². The zero-order valence-corrected chi connectivity index (χ0v) is 16.8. The Kier molecular flexibility index (Phi) is 5.83. The molecule has 5 nitrogen and oxygen atoms in total. The van der Waals surface area contributed by atoms with Crippen LogP contribution in [0.3, 0.4) is 0 Å². The van der Waals surface area contributed by atoms with Crippen LogP contribution < -0.4 is 10.9 Å². The summed E-state index contributed by atoms with van der Waals surface area (Å²) in [6.45, 7) is 5.98. The fourth-order valence-corrected chi connectivity index (χ4v) is 3.55. The zero-order valence-electron chi connectivity index (χ0n) is 16.8. The van der Waals surface area contributed by atoms with Crippen LogP contribution in [-0.4, -0.2) is 15.3 Å². The first-order valence-electron chi connectivity index (χ1n) is 9.65. The fraction of sp³-hybridized carbons (Fsp3) is 0.304. The van der Waals surface area contributed by atoms with Crippen LogP contribution in [0.2, 0.25) is 0 Å². The number of hydrogen-bond donors (Lipinski definition) is 1. The zero-order chi connectivity index (χ0) is 20.3. The van der Waals surface area contributed by atoms with Gasteiger partial charge < -0.3 is 5.32 Å². The standard InChI is InChI=1S/C23H27N3O2/c1-5-16(2)20(18-12-8-6-9-13-18)22(27)24-21-17(3)25(4)26(23(21)28)19-14-10-7-11-15-19/h6-16,20H,5H2,1-4H3,(H,24,27). The van der Waals surface area contributed by atoms with Crippen molar-refractivity contribution < 1.29 is 4.79 Å². The van der Waals surface area contributed by atoms with Crippen molar-refractivity contribution in [2.75, 3.05) is 5.32 Å². The number of rotatable bonds is 6. The number of para-hydroxylation sites is 1. The largest absolute Gasteiger partial charge is 0.319 e. The lowest BCUT2D eigenvalue weighted by molar-refractivity contribution is -0.118. The molecule has 1 amide bonds. The summed E-state index contributed by atoms with van der Waals surface area (Å²) in [4.78, 5) is 26.3. The molecular weight excluding hydrogens is 350 g/mol. The Balaban J connectivity index is 1.99. The van der Waals surface area contributed by atoms with Gasteiger partial charge in [-0.25, -0.2) is 4.68 Å². The van der Waals surface area contributed by atoms with Crippen LogP contribution in [0.25, 0.3) is 5.69 Å². The van der Waals surface area contributed by atoms with E-state index < -0.39 is 0 Å². The number of nitrogens with one attached hydrogen (secondary N) is 1. The van der Waals surface area contributed by atoms with Gasteiger partial charge in [0, 0.05) is 7.05 Å². The molecule has 0 aliphatic carbocycles. The highest BCUT2D eigenvalue weighted by Crippen LogP contribution is 2.28. The smallest absolute Gasteiger partial charge is 0.295 e. The molecule has 1 aromatic heterocycles. The molecule has 0 saturated carbocycles. The second-order valence-corrected chi connectivity index (χ2v) is 7.20. The van der Waals surface area contributed by atoms with Gasteiger partial charge in [0.05, 0.1) is 17.3 Å². The molecule has 0 aliphatic rings. The molecular formula is C23H27N3O2. The van der Waals surface area contributed by atoms with Crippen molar-refractivity contribution in [3.63, 3.8) is 0 Å². The second-order valence-electron chi connectivity index (χ2n) is 7.20. The highest BCUT2D eigenvalue weighted by Gasteiger charge is 2.28. The first kappa shape index (κ1) is 19.7. The lowest BCUT2D eigenvalue weighted by atomic mass is 9.85. The fourth-order valence-electron chi connectivity index (χ4n) is 3.55. The SMILES string of the molecule is CCC(C)C(C(=O)Nc1c(C)n(C)n(-c2ccccc2)c1=O)c1ccccc1. The average molecular weight is 377 g/mol. The molecule has 146 valence electrons. The Morgan fingerprint density at radius 1 is 1.04 bits per heavy atom. The maximum absolute atomic E-state index is 13.2. The molecule has 0 fully saturated rings. The third kappa shape index (κ3) is 3.65. The molecule has 0 bridgehead atoms. The van der Waals surface area contributed by atoms with Crippen molar-refractivity contribution >= 4 is 11.6 Å². The van der Waals surface area contributed by atoms with Crippen LogP contribution in [-0.2, 0) is 11.8 Å². The van der Waals surface area contributed by atoms with Gasteiger partial charge in [-0.3, -0.25) is 14.3 Å². The van der Waals surface area contributed by atoms with Gasteiger partial charge in [-0.15, -0.1) is 0 Å². The van der Waals surface area contributed by atoms with E-state index in [0.717, 1.165) is 23.4 Å². The van der Waals surface area contributed by atoms with Gasteiger partial charge in [-0.2, -0.15) is 0 Å². The number of hydrogen-bond acceptors (Lipinski definition) is 2. The van der Waals surface area contributed by atoms with Gasteiger partial charge in [0.1, 0.15) is 5.69 Å². The number of carbonyl (C=O) groups is 1. The minimum Gasteiger partial charge on any atom is -0.319 e. The predicted octanol–water partition coefficient (Wildman–Crippen LogP) is 4.25. The minimum absolute atomic E-state index is 0.147. The van der Waals surface area contributed by atoms with Gasteiger partial charge in [0.2, 0.25) is 5.91 Å². The van der Waals surface area contributed by atoms with Gasteiger partial charge in [-0.05, 0) is 30.5 Å². The quantitative estimate of drug-likeness (QED) is 0.698. The van der Waals surface area contributed by atoms with Gasteiger partial charge in [0.25, 0.3) is 5.56 Å². The van der Waals surface area contributed by atoms with E-state index >= 15 is 0 Å². The van der Waals surface area contributed by atoms with Gasteiger partial charge in [-0.1, -0.05) is 68.8 Å². The Labute approximate surface area is 165 Å². The maximum Gasteiger partial charge on any atom is 0.295 e. The number of aromatic nitrogens is 2. The van der Waals surface area contributed by atoms with Gasteiger partial charge >= 0.3 is 0 Å². The molecule has 0 aliphatic heterocycles. The highest BCUT2D eigenvalue weighted by atomic mass is 16.2. The lowest BCUT2D eigenvalue weighted by Crippen LogP contribution is -2.29. The topological polar surface area (TPSA) is 56.0 Å². The van der Waals surface area contributed by atoms with Crippen molar-refractivity contribution in [3.05, 3.63) is 82.3 Å². The predicted molar refractivity (Wildman–Crippen MR) is 113 cm³/mol. The molecule has 5 heteroatoms. The summed E-state index contributed by atoms with van der Waals surface area (Å²) in [6.07, 6.45) is 0.870. The maximum atomic E-state index is 13.2. The number of nitrogens with zero attached hydrogens (tertiary/aromatic N) is 2. The Morgan fingerprint density at radius 3 is 2.18 bits per heavy atom. The van der Waals surface area contributed by atoms with E-state index in [0.29, 0.717) is 5.69 Å². The molecule has 1 heterocycles. The third-order valence-electron chi connectivity index (χ3n) is 5.46. The first-order valence-corrected chi connectivity index (χ1v) is 9.65. The normalized spacial score (nSPS) is 13.1. The summed E-state index contributed by atoms with van der Waals surface area (Å²) in [5, 5.41) is 2.93. The van der Waals surface area contributed by atoms with Crippen molar-refractivity contribution in [2.45, 2.75) is 33.1 Å². The average Bonchev–Trinajstić information content (AvgIpc) is 2.92. The second kappa shape index (κ2) is 8.30. The van der Waals surface area contributed by atoms with Crippen molar-refractivity contribution in [2.24, 2.45) is 13.0 Å². The first-order chi connectivity index (χ1) is 13.5. The van der Waals surface area contributed by atoms with Crippen LogP contribution in [0.1, 0.15) is 37.4 Å². The number of anilines is 1. The van der Waals surface area contributed by atoms with E-state index in [4.69, 9.17) is 0 Å². The molecule has 3 rings (SSSR count). The van der Waals surface area contributed by atoms with Crippen molar-refractivity contribution in [1.82, 2.24) is 9.36 Å². The molecule has 1 N–H and O–H groups in total. The summed E-state index contributed by atoms with van der Waals surface area (Å²) >= 11 is 0. The Morgan fingerprint density at radius 2 is 1.61 bits per heavy atom. The molecule has 28 heavy (non-hydrogen) atoms. The van der Waals surface area contributed by atoms with E-state index in [9.17, 15) is 9.59 Å². The van der Waals surface area contributed by atoms with E-state index in [1.165, 1.54) is 0 Å². The summed E-state index contributed by atoms with van der Waals surface area (Å²) in [7, 11) is 1.82. The van der Waals surface area contributed by atoms with Crippen LogP contribution in [0.4, 0.5) is 5.69 Å². The summed E-state index contributed by atoms with van der Waals surface area (Å²) in [5.74, 6) is -0.301. The molecule has 0 radical (unpaired) electrons. The Hall–Kier alpha value is -3.08. The minimum atomic E-state index is -0.310.